The van der Waals surface area contributed by atoms with Crippen molar-refractivity contribution in [2.24, 2.45) is 4.99 Å². The molecule has 0 amide bonds. The molecular weight excluding hydrogens is 150 g/mol. The van der Waals surface area contributed by atoms with Gasteiger partial charge in [-0.2, -0.15) is 11.0 Å². The molecule has 0 radical (unpaired) electrons. The van der Waals surface area contributed by atoms with E-state index in [2.05, 4.69) is 27.7 Å². The summed E-state index contributed by atoms with van der Waals surface area (Å²) in [4.78, 5) is 3.81. The van der Waals surface area contributed by atoms with Crippen LogP contribution >= 0.6 is 0 Å². The van der Waals surface area contributed by atoms with Gasteiger partial charge in [0.2, 0.25) is 0 Å². The number of rotatable bonds is 2. The van der Waals surface area contributed by atoms with Gasteiger partial charge >= 0.3 is 0 Å². The summed E-state index contributed by atoms with van der Waals surface area (Å²) < 4.78 is 4.66. The second-order valence-corrected chi connectivity index (χ2v) is 1.74. The fourth-order valence-electron chi connectivity index (χ4n) is 0.350. The lowest BCUT2D eigenvalue weighted by molar-refractivity contribution is 0.386. The molecule has 1 N–H and O–H groups in total. The van der Waals surface area contributed by atoms with Crippen molar-refractivity contribution in [1.82, 2.24) is 5.32 Å². The Bertz CT molecular complexity index is 151. The van der Waals surface area contributed by atoms with Crippen LogP contribution in [-0.2, 0) is 17.4 Å². The number of nitriles is 1. The van der Waals surface area contributed by atoms with Gasteiger partial charge in [0.15, 0.2) is 6.19 Å². The molecule has 0 bridgehead atoms. The Balaban J connectivity index is 3.69. The van der Waals surface area contributed by atoms with E-state index in [4.69, 9.17) is 5.26 Å². The van der Waals surface area contributed by atoms with Crippen LogP contribution in [0.15, 0.2) is 4.99 Å². The third kappa shape index (κ3) is 4.04. The fraction of sp³-hybridized carbons (Fsp3) is 0.600. The molecule has 0 heterocycles. The van der Waals surface area contributed by atoms with Crippen LogP contribution in [0.4, 0.5) is 0 Å². The molecule has 5 heteroatoms. The van der Waals surface area contributed by atoms with Crippen LogP contribution in [-0.4, -0.2) is 25.4 Å². The van der Waals surface area contributed by atoms with Crippen molar-refractivity contribution in [3.8, 4) is 6.19 Å². The topological polar surface area (TPSA) is 57.4 Å². The Labute approximate surface area is 65.3 Å². The first-order chi connectivity index (χ1) is 4.85. The van der Waals surface area contributed by atoms with Crippen molar-refractivity contribution < 1.29 is 4.74 Å². The summed E-state index contributed by atoms with van der Waals surface area (Å²) in [5.41, 5.74) is 0. The molecule has 0 aliphatic rings. The maximum atomic E-state index is 8.12. The van der Waals surface area contributed by atoms with Gasteiger partial charge in [0.25, 0.3) is 6.02 Å². The van der Waals surface area contributed by atoms with Crippen LogP contribution < -0.4 is 5.32 Å². The van der Waals surface area contributed by atoms with Crippen molar-refractivity contribution in [3.63, 3.8) is 0 Å². The zero-order valence-corrected chi connectivity index (χ0v) is 6.44. The molecule has 0 spiro atoms. The first-order valence-corrected chi connectivity index (χ1v) is 3.24. The standard InChI is InChI=1S/C5H9N3OS/c1-9-5(8-4-6)7-2-3-10/h10H,2-3H2,1H3,(H,7,8)/p-1. The highest BCUT2D eigenvalue weighted by Crippen LogP contribution is 1.74. The number of nitrogens with one attached hydrogen (secondary N) is 1. The maximum absolute atomic E-state index is 8.12. The van der Waals surface area contributed by atoms with Crippen LogP contribution in [0.5, 0.6) is 0 Å². The van der Waals surface area contributed by atoms with Crippen LogP contribution in [0, 0.1) is 11.5 Å². The SMILES string of the molecule is COC(=NCC[S-])NC#N. The van der Waals surface area contributed by atoms with Crippen molar-refractivity contribution >= 4 is 18.7 Å². The number of methoxy groups -OCH3 is 1. The zero-order chi connectivity index (χ0) is 7.82. The van der Waals surface area contributed by atoms with Gasteiger partial charge in [-0.25, -0.2) is 10.3 Å². The first-order valence-electron chi connectivity index (χ1n) is 2.66. The summed E-state index contributed by atoms with van der Waals surface area (Å²) in [6.07, 6.45) is 1.69. The molecule has 0 aliphatic carbocycles. The highest BCUT2D eigenvalue weighted by Gasteiger charge is 1.90. The Morgan fingerprint density at radius 2 is 2.60 bits per heavy atom. The molecule has 0 saturated heterocycles. The molecule has 10 heavy (non-hydrogen) atoms. The van der Waals surface area contributed by atoms with E-state index in [1.54, 1.807) is 6.19 Å². The monoisotopic (exact) mass is 158 g/mol. The van der Waals surface area contributed by atoms with E-state index in [-0.39, 0.29) is 6.02 Å². The molecule has 0 unspecified atom stereocenters. The normalized spacial score (nSPS) is 10.3. The average Bonchev–Trinajstić information content (AvgIpc) is 1.98. The zero-order valence-electron chi connectivity index (χ0n) is 5.63. The third-order valence-electron chi connectivity index (χ3n) is 0.703. The molecule has 0 aromatic carbocycles. The highest BCUT2D eigenvalue weighted by atomic mass is 32.1. The Hall–Kier alpha value is -0.890. The van der Waals surface area contributed by atoms with E-state index in [0.717, 1.165) is 0 Å². The largest absolute Gasteiger partial charge is 0.791 e. The van der Waals surface area contributed by atoms with Crippen molar-refractivity contribution in [1.29, 1.82) is 5.26 Å². The molecule has 0 rings (SSSR count). The molecule has 0 fully saturated rings. The number of ether oxygens (including phenoxy) is 1. The van der Waals surface area contributed by atoms with Gasteiger partial charge in [0.1, 0.15) is 0 Å². The number of aliphatic imine (C=N–C) groups is 1. The Morgan fingerprint density at radius 1 is 1.90 bits per heavy atom. The van der Waals surface area contributed by atoms with E-state index in [1.807, 2.05) is 0 Å². The minimum absolute atomic E-state index is 0.215. The van der Waals surface area contributed by atoms with E-state index in [9.17, 15) is 0 Å². The fourth-order valence-corrected chi connectivity index (χ4v) is 0.441. The van der Waals surface area contributed by atoms with Crippen molar-refractivity contribution in [3.05, 3.63) is 0 Å². The summed E-state index contributed by atoms with van der Waals surface area (Å²) in [6, 6.07) is 0.215. The lowest BCUT2D eigenvalue weighted by Crippen LogP contribution is -2.20. The van der Waals surface area contributed by atoms with Crippen molar-refractivity contribution in [2.75, 3.05) is 19.4 Å². The van der Waals surface area contributed by atoms with Crippen LogP contribution in [0.25, 0.3) is 0 Å². The summed E-state index contributed by atoms with van der Waals surface area (Å²) in [5.74, 6) is 0.528. The molecule has 0 aromatic heterocycles. The van der Waals surface area contributed by atoms with Gasteiger partial charge in [0, 0.05) is 6.54 Å². The van der Waals surface area contributed by atoms with E-state index < -0.39 is 0 Å². The smallest absolute Gasteiger partial charge is 0.297 e. The molecule has 0 atom stereocenters. The molecule has 4 nitrogen and oxygen atoms in total. The summed E-state index contributed by atoms with van der Waals surface area (Å²) in [6.45, 7) is 0.493. The van der Waals surface area contributed by atoms with Gasteiger partial charge in [-0.1, -0.05) is 0 Å². The number of hydrogen-bond donors (Lipinski definition) is 1. The van der Waals surface area contributed by atoms with E-state index in [0.29, 0.717) is 12.3 Å². The predicted octanol–water partition coefficient (Wildman–Crippen LogP) is -0.394. The van der Waals surface area contributed by atoms with Gasteiger partial charge in [-0.15, -0.1) is 0 Å². The second kappa shape index (κ2) is 6.23. The first kappa shape index (κ1) is 9.11. The van der Waals surface area contributed by atoms with Gasteiger partial charge in [-0.05, 0) is 0 Å². The summed E-state index contributed by atoms with van der Waals surface area (Å²) >= 11 is 4.63. The molecule has 0 saturated carbocycles. The Morgan fingerprint density at radius 3 is 3.00 bits per heavy atom. The molecular formula is C5H8N3OS-. The Kier molecular flexibility index (Phi) is 5.68. The molecule has 0 aromatic rings. The van der Waals surface area contributed by atoms with Gasteiger partial charge < -0.3 is 17.4 Å². The maximum Gasteiger partial charge on any atom is 0.297 e. The van der Waals surface area contributed by atoms with Crippen LogP contribution in [0.1, 0.15) is 0 Å². The lowest BCUT2D eigenvalue weighted by Gasteiger charge is -2.01. The van der Waals surface area contributed by atoms with E-state index in [1.165, 1.54) is 7.11 Å². The lowest BCUT2D eigenvalue weighted by atomic mass is 10.8. The number of amidine groups is 1. The average molecular weight is 158 g/mol. The third-order valence-corrected chi connectivity index (χ3v) is 0.885. The minimum atomic E-state index is 0.215. The summed E-state index contributed by atoms with van der Waals surface area (Å²) in [5, 5.41) is 10.4. The van der Waals surface area contributed by atoms with E-state index >= 15 is 0 Å². The number of hydrogen-bond acceptors (Lipinski definition) is 4. The quantitative estimate of drug-likeness (QED) is 0.195. The summed E-state index contributed by atoms with van der Waals surface area (Å²) in [7, 11) is 1.44. The minimum Gasteiger partial charge on any atom is -0.791 e. The van der Waals surface area contributed by atoms with Crippen molar-refractivity contribution in [2.45, 2.75) is 0 Å². The van der Waals surface area contributed by atoms with Gasteiger partial charge in [-0.3, -0.25) is 0 Å². The van der Waals surface area contributed by atoms with Gasteiger partial charge in [0.05, 0.1) is 7.11 Å². The second-order valence-electron chi connectivity index (χ2n) is 1.33. The number of nitrogens with zero attached hydrogens (tertiary/aromatic N) is 2. The van der Waals surface area contributed by atoms with Crippen LogP contribution in [0.3, 0.4) is 0 Å². The molecule has 56 valence electrons. The predicted molar refractivity (Wildman–Crippen MR) is 40.3 cm³/mol. The van der Waals surface area contributed by atoms with Crippen LogP contribution in [0.2, 0.25) is 0 Å². The molecule has 0 aliphatic heterocycles. The highest BCUT2D eigenvalue weighted by molar-refractivity contribution is 7.58.